The molecule has 1 aliphatic rings. The summed E-state index contributed by atoms with van der Waals surface area (Å²) in [5.74, 6) is -0.862. The van der Waals surface area contributed by atoms with Gasteiger partial charge in [0.2, 0.25) is 0 Å². The van der Waals surface area contributed by atoms with E-state index < -0.39 is 5.97 Å². The Bertz CT molecular complexity index is 1110. The highest BCUT2D eigenvalue weighted by atomic mass is 32.1. The number of carbonyl (C=O) groups is 2. The summed E-state index contributed by atoms with van der Waals surface area (Å²) in [6.45, 7) is 6.40. The number of nitrogens with one attached hydrogen (secondary N) is 1. The van der Waals surface area contributed by atoms with Gasteiger partial charge in [-0.15, -0.1) is 29.3 Å². The molecule has 1 aromatic carbocycles. The minimum Gasteiger partial charge on any atom is -0.451 e. The Morgan fingerprint density at radius 2 is 2.17 bits per heavy atom. The molecule has 9 heteroatoms. The third kappa shape index (κ3) is 4.27. The van der Waals surface area contributed by atoms with E-state index in [2.05, 4.69) is 27.9 Å². The predicted molar refractivity (Wildman–Crippen MR) is 119 cm³/mol. The van der Waals surface area contributed by atoms with Crippen molar-refractivity contribution < 1.29 is 14.3 Å². The minimum absolute atomic E-state index is 0.185. The van der Waals surface area contributed by atoms with Crippen LogP contribution in [-0.4, -0.2) is 41.5 Å². The van der Waals surface area contributed by atoms with Crippen molar-refractivity contribution >= 4 is 45.4 Å². The first-order valence-electron chi connectivity index (χ1n) is 9.38. The van der Waals surface area contributed by atoms with E-state index in [9.17, 15) is 9.59 Å². The summed E-state index contributed by atoms with van der Waals surface area (Å²) in [6, 6.07) is 5.98. The second-order valence-electron chi connectivity index (χ2n) is 6.67. The van der Waals surface area contributed by atoms with Gasteiger partial charge in [0, 0.05) is 35.1 Å². The number of esters is 1. The summed E-state index contributed by atoms with van der Waals surface area (Å²) >= 11 is 2.91. The predicted octanol–water partition coefficient (Wildman–Crippen LogP) is 3.92. The van der Waals surface area contributed by atoms with Crippen LogP contribution < -0.4 is 10.2 Å². The van der Waals surface area contributed by atoms with Gasteiger partial charge in [0.25, 0.3) is 5.91 Å². The van der Waals surface area contributed by atoms with Crippen molar-refractivity contribution in [2.75, 3.05) is 29.9 Å². The number of anilines is 2. The van der Waals surface area contributed by atoms with E-state index in [0.29, 0.717) is 18.2 Å². The Hall–Kier alpha value is -3.04. The Morgan fingerprint density at radius 3 is 2.93 bits per heavy atom. The molecule has 0 bridgehead atoms. The molecular weight excluding hydrogens is 420 g/mol. The van der Waals surface area contributed by atoms with Gasteiger partial charge in [0.05, 0.1) is 10.7 Å². The SMILES string of the molecule is C=CCNc1nc(C(=O)OCC(=O)N2CCc3cc(-c4csc(C)n4)ccc32)cs1. The second-order valence-corrected chi connectivity index (χ2v) is 8.59. The minimum atomic E-state index is -0.611. The molecule has 0 fully saturated rings. The first kappa shape index (κ1) is 20.2. The maximum Gasteiger partial charge on any atom is 0.358 e. The summed E-state index contributed by atoms with van der Waals surface area (Å²) in [5.41, 5.74) is 4.13. The van der Waals surface area contributed by atoms with E-state index in [1.54, 1.807) is 27.7 Å². The first-order valence-corrected chi connectivity index (χ1v) is 11.1. The molecule has 4 rings (SSSR count). The van der Waals surface area contributed by atoms with E-state index >= 15 is 0 Å². The Balaban J connectivity index is 1.38. The fraction of sp³-hybridized carbons (Fsp3) is 0.238. The molecule has 0 spiro atoms. The molecule has 0 saturated carbocycles. The zero-order valence-corrected chi connectivity index (χ0v) is 18.0. The molecule has 1 amide bonds. The van der Waals surface area contributed by atoms with Gasteiger partial charge >= 0.3 is 5.97 Å². The van der Waals surface area contributed by atoms with E-state index in [0.717, 1.165) is 33.9 Å². The van der Waals surface area contributed by atoms with Crippen molar-refractivity contribution in [1.29, 1.82) is 0 Å². The third-order valence-corrected chi connectivity index (χ3v) is 6.20. The highest BCUT2D eigenvalue weighted by Crippen LogP contribution is 2.32. The van der Waals surface area contributed by atoms with Gasteiger partial charge in [-0.25, -0.2) is 14.8 Å². The number of thiazole rings is 2. The van der Waals surface area contributed by atoms with Crippen LogP contribution in [0.3, 0.4) is 0 Å². The van der Waals surface area contributed by atoms with Gasteiger partial charge in [-0.3, -0.25) is 4.79 Å². The summed E-state index contributed by atoms with van der Waals surface area (Å²) in [6.07, 6.45) is 2.46. The largest absolute Gasteiger partial charge is 0.451 e. The molecule has 30 heavy (non-hydrogen) atoms. The number of hydrogen-bond acceptors (Lipinski definition) is 8. The number of carbonyl (C=O) groups excluding carboxylic acids is 2. The van der Waals surface area contributed by atoms with E-state index in [4.69, 9.17) is 4.74 Å². The molecule has 0 aliphatic carbocycles. The standard InChI is InChI=1S/C21H20N4O3S2/c1-3-7-22-21-24-17(12-30-21)20(27)28-10-19(26)25-8-6-15-9-14(4-5-18(15)25)16-11-29-13(2)23-16/h3-5,9,11-12H,1,6-8,10H2,2H3,(H,22,24). The molecule has 1 N–H and O–H groups in total. The van der Waals surface area contributed by atoms with Crippen LogP contribution >= 0.6 is 22.7 Å². The Labute approximate surface area is 182 Å². The number of ether oxygens (including phenoxy) is 1. The van der Waals surface area contributed by atoms with Crippen LogP contribution in [0.5, 0.6) is 0 Å². The molecule has 0 atom stereocenters. The van der Waals surface area contributed by atoms with E-state index in [-0.39, 0.29) is 18.2 Å². The van der Waals surface area contributed by atoms with Gasteiger partial charge in [-0.2, -0.15) is 0 Å². The molecule has 1 aliphatic heterocycles. The summed E-state index contributed by atoms with van der Waals surface area (Å²) < 4.78 is 5.19. The van der Waals surface area contributed by atoms with Gasteiger partial charge in [-0.1, -0.05) is 12.1 Å². The van der Waals surface area contributed by atoms with Crippen molar-refractivity contribution in [3.8, 4) is 11.3 Å². The highest BCUT2D eigenvalue weighted by molar-refractivity contribution is 7.13. The topological polar surface area (TPSA) is 84.4 Å². The normalized spacial score (nSPS) is 12.5. The first-order chi connectivity index (χ1) is 14.5. The molecule has 0 radical (unpaired) electrons. The van der Waals surface area contributed by atoms with Gasteiger partial charge < -0.3 is 15.0 Å². The number of nitrogens with zero attached hydrogens (tertiary/aromatic N) is 3. The molecule has 2 aromatic heterocycles. The van der Waals surface area contributed by atoms with Crippen LogP contribution in [-0.2, 0) is 16.0 Å². The number of aromatic nitrogens is 2. The maximum absolute atomic E-state index is 12.6. The number of fused-ring (bicyclic) bond motifs is 1. The average Bonchev–Trinajstić information content (AvgIpc) is 3.49. The van der Waals surface area contributed by atoms with Crippen molar-refractivity contribution in [3.05, 3.63) is 57.9 Å². The number of rotatable bonds is 7. The number of hydrogen-bond donors (Lipinski definition) is 1. The number of amides is 1. The van der Waals surface area contributed by atoms with Crippen molar-refractivity contribution in [1.82, 2.24) is 9.97 Å². The summed E-state index contributed by atoms with van der Waals surface area (Å²) in [4.78, 5) is 35.2. The fourth-order valence-electron chi connectivity index (χ4n) is 3.20. The van der Waals surface area contributed by atoms with Crippen LogP contribution in [0.4, 0.5) is 10.8 Å². The van der Waals surface area contributed by atoms with E-state index in [1.807, 2.05) is 24.4 Å². The van der Waals surface area contributed by atoms with Gasteiger partial charge in [-0.05, 0) is 31.0 Å². The lowest BCUT2D eigenvalue weighted by atomic mass is 10.1. The monoisotopic (exact) mass is 440 g/mol. The van der Waals surface area contributed by atoms with Crippen LogP contribution in [0.2, 0.25) is 0 Å². The zero-order valence-electron chi connectivity index (χ0n) is 16.4. The van der Waals surface area contributed by atoms with Crippen LogP contribution in [0.25, 0.3) is 11.3 Å². The molecular formula is C21H20N4O3S2. The fourth-order valence-corrected chi connectivity index (χ4v) is 4.52. The number of aryl methyl sites for hydroxylation is 1. The lowest BCUT2D eigenvalue weighted by Crippen LogP contribution is -2.33. The molecule has 3 aromatic rings. The maximum atomic E-state index is 12.6. The molecule has 0 saturated heterocycles. The van der Waals surface area contributed by atoms with Crippen molar-refractivity contribution in [3.63, 3.8) is 0 Å². The van der Waals surface area contributed by atoms with Gasteiger partial charge in [0.1, 0.15) is 0 Å². The van der Waals surface area contributed by atoms with Crippen molar-refractivity contribution in [2.24, 2.45) is 0 Å². The van der Waals surface area contributed by atoms with Crippen LogP contribution in [0, 0.1) is 6.92 Å². The smallest absolute Gasteiger partial charge is 0.358 e. The molecule has 0 unspecified atom stereocenters. The molecule has 3 heterocycles. The highest BCUT2D eigenvalue weighted by Gasteiger charge is 2.26. The zero-order chi connectivity index (χ0) is 21.1. The molecule has 154 valence electrons. The molecule has 7 nitrogen and oxygen atoms in total. The number of benzene rings is 1. The summed E-state index contributed by atoms with van der Waals surface area (Å²) in [7, 11) is 0. The Kier molecular flexibility index (Phi) is 5.91. The average molecular weight is 441 g/mol. The lowest BCUT2D eigenvalue weighted by Gasteiger charge is -2.17. The van der Waals surface area contributed by atoms with E-state index in [1.165, 1.54) is 11.3 Å². The second kappa shape index (κ2) is 8.76. The quantitative estimate of drug-likeness (QED) is 0.443. The summed E-state index contributed by atoms with van der Waals surface area (Å²) in [5, 5.41) is 8.27. The third-order valence-electron chi connectivity index (χ3n) is 4.63. The van der Waals surface area contributed by atoms with Crippen LogP contribution in [0.15, 0.2) is 41.6 Å². The lowest BCUT2D eigenvalue weighted by molar-refractivity contribution is -0.121. The van der Waals surface area contributed by atoms with Crippen molar-refractivity contribution in [2.45, 2.75) is 13.3 Å². The van der Waals surface area contributed by atoms with Gasteiger partial charge in [0.15, 0.2) is 17.4 Å². The van der Waals surface area contributed by atoms with Crippen LogP contribution in [0.1, 0.15) is 21.1 Å². The Morgan fingerprint density at radius 1 is 1.30 bits per heavy atom.